The first kappa shape index (κ1) is 15.1. The van der Waals surface area contributed by atoms with Crippen LogP contribution in [0.1, 0.15) is 15.9 Å². The Labute approximate surface area is 121 Å². The first-order chi connectivity index (χ1) is 9.90. The highest BCUT2D eigenvalue weighted by Crippen LogP contribution is 2.15. The van der Waals surface area contributed by atoms with Crippen LogP contribution in [0.5, 0.6) is 0 Å². The van der Waals surface area contributed by atoms with Crippen LogP contribution in [0.3, 0.4) is 0 Å². The molecule has 2 N–H and O–H groups in total. The Hall–Kier alpha value is -2.25. The maximum absolute atomic E-state index is 12.8. The normalized spacial score (nSPS) is 11.3. The fourth-order valence-corrected chi connectivity index (χ4v) is 2.95. The van der Waals surface area contributed by atoms with E-state index in [2.05, 4.69) is 4.72 Å². The zero-order chi connectivity index (χ0) is 15.5. The van der Waals surface area contributed by atoms with Gasteiger partial charge in [0, 0.05) is 6.54 Å². The lowest BCUT2D eigenvalue weighted by atomic mass is 10.2. The molecule has 0 aliphatic rings. The van der Waals surface area contributed by atoms with Crippen molar-refractivity contribution >= 4 is 16.0 Å². The molecule has 7 heteroatoms. The summed E-state index contributed by atoms with van der Waals surface area (Å²) in [5.74, 6) is -1.74. The minimum Gasteiger partial charge on any atom is -0.478 e. The number of nitrogens with one attached hydrogen (secondary N) is 1. The van der Waals surface area contributed by atoms with E-state index in [9.17, 15) is 17.6 Å². The molecule has 0 heterocycles. The molecule has 2 aromatic rings. The molecule has 0 saturated carbocycles. The van der Waals surface area contributed by atoms with Crippen LogP contribution in [-0.4, -0.2) is 19.5 Å². The molecule has 21 heavy (non-hydrogen) atoms. The van der Waals surface area contributed by atoms with Crippen molar-refractivity contribution in [2.45, 2.75) is 11.4 Å². The minimum atomic E-state index is -3.97. The van der Waals surface area contributed by atoms with Crippen LogP contribution in [0, 0.1) is 5.82 Å². The van der Waals surface area contributed by atoms with Gasteiger partial charge in [0.2, 0.25) is 10.0 Å². The van der Waals surface area contributed by atoms with E-state index in [1.807, 2.05) is 0 Å². The van der Waals surface area contributed by atoms with Crippen LogP contribution in [0.4, 0.5) is 4.39 Å². The zero-order valence-corrected chi connectivity index (χ0v) is 11.6. The van der Waals surface area contributed by atoms with E-state index in [0.29, 0.717) is 5.56 Å². The van der Waals surface area contributed by atoms with Gasteiger partial charge in [-0.05, 0) is 29.8 Å². The van der Waals surface area contributed by atoms with Crippen LogP contribution >= 0.6 is 0 Å². The second-order valence-electron chi connectivity index (χ2n) is 4.25. The molecule has 5 nitrogen and oxygen atoms in total. The molecule has 0 aromatic heterocycles. The third-order valence-electron chi connectivity index (χ3n) is 2.79. The summed E-state index contributed by atoms with van der Waals surface area (Å²) in [4.78, 5) is 10.7. The third-order valence-corrected chi connectivity index (χ3v) is 4.25. The van der Waals surface area contributed by atoms with Crippen molar-refractivity contribution in [3.63, 3.8) is 0 Å². The first-order valence-electron chi connectivity index (χ1n) is 5.96. The predicted octanol–water partition coefficient (Wildman–Crippen LogP) is 2.00. The van der Waals surface area contributed by atoms with Crippen LogP contribution in [0.25, 0.3) is 0 Å². The van der Waals surface area contributed by atoms with Crippen molar-refractivity contribution in [3.05, 3.63) is 65.5 Å². The summed E-state index contributed by atoms with van der Waals surface area (Å²) in [6.45, 7) is -0.0590. The van der Waals surface area contributed by atoms with Crippen molar-refractivity contribution in [1.82, 2.24) is 4.72 Å². The van der Waals surface area contributed by atoms with Gasteiger partial charge in [0.15, 0.2) is 0 Å². The Morgan fingerprint density at radius 1 is 1.10 bits per heavy atom. The summed E-state index contributed by atoms with van der Waals surface area (Å²) < 4.78 is 39.4. The molecule has 0 saturated heterocycles. The van der Waals surface area contributed by atoms with E-state index in [0.717, 1.165) is 0 Å². The summed E-state index contributed by atoms with van der Waals surface area (Å²) >= 11 is 0. The summed E-state index contributed by atoms with van der Waals surface area (Å²) in [6.07, 6.45) is 0. The first-order valence-corrected chi connectivity index (χ1v) is 7.45. The zero-order valence-electron chi connectivity index (χ0n) is 10.8. The highest BCUT2D eigenvalue weighted by molar-refractivity contribution is 7.89. The number of halogens is 1. The number of hydrogen-bond donors (Lipinski definition) is 2. The average molecular weight is 309 g/mol. The van der Waals surface area contributed by atoms with Gasteiger partial charge in [0.25, 0.3) is 0 Å². The van der Waals surface area contributed by atoms with Crippen molar-refractivity contribution in [2.75, 3.05) is 0 Å². The highest BCUT2D eigenvalue weighted by atomic mass is 32.2. The Kier molecular flexibility index (Phi) is 4.35. The quantitative estimate of drug-likeness (QED) is 0.885. The smallest absolute Gasteiger partial charge is 0.337 e. The van der Waals surface area contributed by atoms with Gasteiger partial charge in [-0.15, -0.1) is 0 Å². The van der Waals surface area contributed by atoms with E-state index >= 15 is 0 Å². The summed E-state index contributed by atoms with van der Waals surface area (Å²) in [6, 6.07) is 10.7. The van der Waals surface area contributed by atoms with E-state index < -0.39 is 21.8 Å². The largest absolute Gasteiger partial charge is 0.478 e. The van der Waals surface area contributed by atoms with E-state index in [1.54, 1.807) is 0 Å². The van der Waals surface area contributed by atoms with Crippen LogP contribution in [-0.2, 0) is 16.6 Å². The molecule has 0 radical (unpaired) electrons. The number of rotatable bonds is 5. The molecule has 0 spiro atoms. The van der Waals surface area contributed by atoms with Crippen molar-refractivity contribution < 1.29 is 22.7 Å². The lowest BCUT2D eigenvalue weighted by Crippen LogP contribution is -2.25. The average Bonchev–Trinajstić information content (AvgIpc) is 2.47. The second kappa shape index (κ2) is 6.02. The number of aromatic carboxylic acids is 1. The molecule has 0 amide bonds. The van der Waals surface area contributed by atoms with E-state index in [4.69, 9.17) is 5.11 Å². The van der Waals surface area contributed by atoms with E-state index in [1.165, 1.54) is 48.5 Å². The van der Waals surface area contributed by atoms with Gasteiger partial charge in [-0.2, -0.15) is 0 Å². The number of carboxylic acids is 1. The highest BCUT2D eigenvalue weighted by Gasteiger charge is 2.21. The lowest BCUT2D eigenvalue weighted by molar-refractivity contribution is 0.0692. The van der Waals surface area contributed by atoms with Crippen molar-refractivity contribution in [3.8, 4) is 0 Å². The van der Waals surface area contributed by atoms with Gasteiger partial charge in [-0.25, -0.2) is 22.3 Å². The molecular weight excluding hydrogens is 297 g/mol. The minimum absolute atomic E-state index is 0.0590. The van der Waals surface area contributed by atoms with Crippen LogP contribution in [0.2, 0.25) is 0 Å². The fourth-order valence-electron chi connectivity index (χ4n) is 1.74. The lowest BCUT2D eigenvalue weighted by Gasteiger charge is -2.09. The monoisotopic (exact) mass is 309 g/mol. The van der Waals surface area contributed by atoms with Gasteiger partial charge in [0.05, 0.1) is 10.5 Å². The summed E-state index contributed by atoms with van der Waals surface area (Å²) in [5, 5.41) is 9.01. The summed E-state index contributed by atoms with van der Waals surface area (Å²) in [7, 11) is -3.97. The molecule has 0 unspecified atom stereocenters. The van der Waals surface area contributed by atoms with Gasteiger partial charge in [-0.3, -0.25) is 0 Å². The van der Waals surface area contributed by atoms with Gasteiger partial charge in [0.1, 0.15) is 5.82 Å². The molecule has 0 atom stereocenters. The van der Waals surface area contributed by atoms with E-state index in [-0.39, 0.29) is 17.0 Å². The molecule has 0 aliphatic heterocycles. The van der Waals surface area contributed by atoms with Gasteiger partial charge < -0.3 is 5.11 Å². The Morgan fingerprint density at radius 3 is 2.33 bits per heavy atom. The number of carboxylic acid groups (broad SMARTS) is 1. The second-order valence-corrected chi connectivity index (χ2v) is 5.99. The number of hydrogen-bond acceptors (Lipinski definition) is 3. The van der Waals surface area contributed by atoms with Crippen LogP contribution in [0.15, 0.2) is 53.4 Å². The Bertz CT molecular complexity index is 757. The number of sulfonamides is 1. The number of benzene rings is 2. The summed E-state index contributed by atoms with van der Waals surface area (Å²) in [5.41, 5.74) is 0.261. The number of carbonyl (C=O) groups is 1. The Morgan fingerprint density at radius 2 is 1.71 bits per heavy atom. The molecular formula is C14H12FNO4S. The topological polar surface area (TPSA) is 83.5 Å². The van der Waals surface area contributed by atoms with Gasteiger partial charge >= 0.3 is 5.97 Å². The Balaban J connectivity index is 2.23. The van der Waals surface area contributed by atoms with Crippen molar-refractivity contribution in [2.24, 2.45) is 0 Å². The third kappa shape index (κ3) is 3.65. The van der Waals surface area contributed by atoms with Crippen LogP contribution < -0.4 is 4.72 Å². The molecule has 2 aromatic carbocycles. The molecule has 2 rings (SSSR count). The molecule has 0 fully saturated rings. The van der Waals surface area contributed by atoms with Gasteiger partial charge in [-0.1, -0.05) is 24.3 Å². The molecule has 110 valence electrons. The van der Waals surface area contributed by atoms with Crippen molar-refractivity contribution in [1.29, 1.82) is 0 Å². The fraction of sp³-hybridized carbons (Fsp3) is 0.0714. The predicted molar refractivity (Wildman–Crippen MR) is 73.8 cm³/mol. The maximum atomic E-state index is 12.8. The maximum Gasteiger partial charge on any atom is 0.337 e. The standard InChI is InChI=1S/C14H12FNO4S/c15-11-7-5-10(6-8-11)9-16-21(19,20)13-4-2-1-3-12(13)14(17)18/h1-8,16H,9H2,(H,17,18). The molecule has 0 bridgehead atoms. The SMILES string of the molecule is O=C(O)c1ccccc1S(=O)(=O)NCc1ccc(F)cc1. The molecule has 0 aliphatic carbocycles.